The topological polar surface area (TPSA) is 77.3 Å². The molecule has 1 aromatic carbocycles. The lowest BCUT2D eigenvalue weighted by atomic mass is 9.39. The van der Waals surface area contributed by atoms with Gasteiger partial charge in [-0.1, -0.05) is 11.6 Å². The van der Waals surface area contributed by atoms with Gasteiger partial charge in [0.15, 0.2) is 0 Å². The van der Waals surface area contributed by atoms with Crippen LogP contribution in [0.2, 0.25) is 5.02 Å². The normalized spacial score (nSPS) is 29.0. The van der Waals surface area contributed by atoms with Crippen molar-refractivity contribution in [2.45, 2.75) is 62.9 Å². The maximum Gasteiger partial charge on any atom is 0.227 e. The summed E-state index contributed by atoms with van der Waals surface area (Å²) >= 11 is 6.77. The van der Waals surface area contributed by atoms with Crippen LogP contribution in [0.4, 0.5) is 11.6 Å². The Bertz CT molecular complexity index is 1340. The molecule has 8 rings (SSSR count). The van der Waals surface area contributed by atoms with Gasteiger partial charge in [0, 0.05) is 29.1 Å². The first kappa shape index (κ1) is 23.8. The number of halogens is 1. The van der Waals surface area contributed by atoms with Gasteiger partial charge in [0.1, 0.15) is 0 Å². The Morgan fingerprint density at radius 2 is 1.92 bits per heavy atom. The van der Waals surface area contributed by atoms with Crippen molar-refractivity contribution in [3.63, 3.8) is 0 Å². The Balaban J connectivity index is 1.08. The third kappa shape index (κ3) is 3.71. The molecule has 2 bridgehead atoms. The number of ether oxygens (including phenoxy) is 2. The Labute approximate surface area is 222 Å². The third-order valence-electron chi connectivity index (χ3n) is 9.49. The zero-order chi connectivity index (χ0) is 25.4. The van der Waals surface area contributed by atoms with Crippen molar-refractivity contribution in [2.24, 2.45) is 5.41 Å². The lowest BCUT2D eigenvalue weighted by molar-refractivity contribution is -0.218. The van der Waals surface area contributed by atoms with E-state index in [0.29, 0.717) is 17.3 Å². The van der Waals surface area contributed by atoms with Crippen LogP contribution in [0.25, 0.3) is 10.9 Å². The van der Waals surface area contributed by atoms with Gasteiger partial charge in [0.25, 0.3) is 0 Å². The molecule has 37 heavy (non-hydrogen) atoms. The van der Waals surface area contributed by atoms with Crippen LogP contribution in [0.3, 0.4) is 0 Å². The summed E-state index contributed by atoms with van der Waals surface area (Å²) in [4.78, 5) is 12.0. The van der Waals surface area contributed by atoms with E-state index in [4.69, 9.17) is 31.2 Å². The zero-order valence-electron chi connectivity index (χ0n) is 21.9. The quantitative estimate of drug-likeness (QED) is 0.466. The summed E-state index contributed by atoms with van der Waals surface area (Å²) in [6, 6.07) is 4.19. The molecule has 0 spiro atoms. The Morgan fingerprint density at radius 3 is 2.59 bits per heavy atom. The minimum atomic E-state index is 0.164. The van der Waals surface area contributed by atoms with E-state index in [9.17, 15) is 0 Å². The Morgan fingerprint density at radius 1 is 1.16 bits per heavy atom. The molecule has 0 amide bonds. The largest absolute Gasteiger partial charge is 0.384 e. The van der Waals surface area contributed by atoms with E-state index >= 15 is 0 Å². The first-order valence-corrected chi connectivity index (χ1v) is 13.8. The summed E-state index contributed by atoms with van der Waals surface area (Å²) in [7, 11) is 1.80. The smallest absolute Gasteiger partial charge is 0.227 e. The fourth-order valence-corrected chi connectivity index (χ4v) is 7.83. The van der Waals surface area contributed by atoms with Gasteiger partial charge in [-0.3, -0.25) is 9.58 Å². The van der Waals surface area contributed by atoms with Crippen molar-refractivity contribution in [1.82, 2.24) is 24.6 Å². The fourth-order valence-electron chi connectivity index (χ4n) is 7.50. The molecule has 2 aliphatic heterocycles. The summed E-state index contributed by atoms with van der Waals surface area (Å²) in [5, 5.41) is 9.94. The number of aromatic nitrogens is 4. The van der Waals surface area contributed by atoms with E-state index < -0.39 is 0 Å². The molecule has 8 nitrogen and oxygen atoms in total. The second kappa shape index (κ2) is 8.37. The predicted octanol–water partition coefficient (Wildman–Crippen LogP) is 5.03. The molecule has 3 saturated carbocycles. The molecular formula is C28H35ClN6O2. The molecule has 0 atom stereocenters. The third-order valence-corrected chi connectivity index (χ3v) is 9.82. The minimum Gasteiger partial charge on any atom is -0.384 e. The maximum absolute atomic E-state index is 6.77. The summed E-state index contributed by atoms with van der Waals surface area (Å²) in [6.45, 7) is 9.12. The van der Waals surface area contributed by atoms with Crippen molar-refractivity contribution in [3.05, 3.63) is 40.8 Å². The van der Waals surface area contributed by atoms with Crippen LogP contribution in [0, 0.1) is 12.3 Å². The summed E-state index contributed by atoms with van der Waals surface area (Å²) in [6.07, 6.45) is 9.41. The number of nitrogens with one attached hydrogen (secondary N) is 1. The Hall–Kier alpha value is -2.26. The van der Waals surface area contributed by atoms with Crippen LogP contribution in [-0.4, -0.2) is 70.2 Å². The second-order valence-electron chi connectivity index (χ2n) is 12.2. The number of benzene rings is 1. The van der Waals surface area contributed by atoms with E-state index in [0.717, 1.165) is 92.3 Å². The van der Waals surface area contributed by atoms with Crippen LogP contribution < -0.4 is 5.32 Å². The first-order valence-electron chi connectivity index (χ1n) is 13.4. The average molecular weight is 523 g/mol. The number of methoxy groups -OCH3 is 1. The number of piperidine rings is 1. The summed E-state index contributed by atoms with van der Waals surface area (Å²) < 4.78 is 13.1. The highest BCUT2D eigenvalue weighted by Gasteiger charge is 2.69. The van der Waals surface area contributed by atoms with Crippen molar-refractivity contribution in [1.29, 1.82) is 0 Å². The summed E-state index contributed by atoms with van der Waals surface area (Å²) in [5.74, 6) is 1.03. The monoisotopic (exact) mass is 522 g/mol. The fraction of sp³-hybridized carbons (Fsp3) is 0.607. The van der Waals surface area contributed by atoms with Gasteiger partial charge >= 0.3 is 0 Å². The zero-order valence-corrected chi connectivity index (χ0v) is 22.6. The highest BCUT2D eigenvalue weighted by molar-refractivity contribution is 6.32. The SMILES string of the molecule is COCC12CC(n3ncc(Nc4ncc5cc(Cl)c(C6CCN(C7(C)COC7)CC6)cc5n4)c3C)(C1)C2. The van der Waals surface area contributed by atoms with Gasteiger partial charge < -0.3 is 14.8 Å². The van der Waals surface area contributed by atoms with Gasteiger partial charge in [0.2, 0.25) is 5.95 Å². The number of likely N-dealkylation sites (tertiary alicyclic amines) is 1. The van der Waals surface area contributed by atoms with E-state index in [1.807, 2.05) is 18.5 Å². The predicted molar refractivity (Wildman–Crippen MR) is 144 cm³/mol. The van der Waals surface area contributed by atoms with Gasteiger partial charge in [-0.25, -0.2) is 9.97 Å². The van der Waals surface area contributed by atoms with E-state index in [2.05, 4.69) is 39.8 Å². The van der Waals surface area contributed by atoms with Gasteiger partial charge in [-0.15, -0.1) is 0 Å². The van der Waals surface area contributed by atoms with Gasteiger partial charge in [-0.05, 0) is 82.7 Å². The highest BCUT2D eigenvalue weighted by atomic mass is 35.5. The standard InChI is InChI=1S/C28H35ClN6O2/c1-18-24(11-31-35(18)28-12-27(13-28,14-28)17-36-3)33-25-30-10-20-8-22(29)21(9-23(20)32-25)19-4-6-34(7-5-19)26(2)15-37-16-26/h8-11,19H,4-7,12-17H2,1-3H3,(H,30,32,33). The molecule has 2 saturated heterocycles. The average Bonchev–Trinajstić information content (AvgIpc) is 3.18. The number of anilines is 2. The van der Waals surface area contributed by atoms with Crippen LogP contribution in [-0.2, 0) is 15.0 Å². The second-order valence-corrected chi connectivity index (χ2v) is 12.7. The van der Waals surface area contributed by atoms with Gasteiger partial charge in [0.05, 0.1) is 54.0 Å². The van der Waals surface area contributed by atoms with Crippen LogP contribution in [0.15, 0.2) is 24.5 Å². The molecule has 4 heterocycles. The van der Waals surface area contributed by atoms with E-state index in [1.54, 1.807) is 7.11 Å². The molecule has 5 aliphatic rings. The molecule has 0 radical (unpaired) electrons. The molecule has 3 aliphatic carbocycles. The molecule has 196 valence electrons. The molecule has 1 N–H and O–H groups in total. The molecule has 0 unspecified atom stereocenters. The molecular weight excluding hydrogens is 488 g/mol. The van der Waals surface area contributed by atoms with Crippen molar-refractivity contribution in [3.8, 4) is 0 Å². The van der Waals surface area contributed by atoms with Crippen LogP contribution in [0.5, 0.6) is 0 Å². The van der Waals surface area contributed by atoms with Crippen LogP contribution in [0.1, 0.15) is 56.2 Å². The van der Waals surface area contributed by atoms with E-state index in [-0.39, 0.29) is 11.1 Å². The Kier molecular flexibility index (Phi) is 5.39. The molecule has 9 heteroatoms. The number of hydrogen-bond donors (Lipinski definition) is 1. The molecule has 3 aromatic rings. The lowest BCUT2D eigenvalue weighted by Crippen LogP contribution is -2.69. The molecule has 2 aromatic heterocycles. The lowest BCUT2D eigenvalue weighted by Gasteiger charge is -2.70. The van der Waals surface area contributed by atoms with Crippen molar-refractivity contribution in [2.75, 3.05) is 45.3 Å². The van der Waals surface area contributed by atoms with Crippen molar-refractivity contribution < 1.29 is 9.47 Å². The number of fused-ring (bicyclic) bond motifs is 1. The minimum absolute atomic E-state index is 0.164. The number of hydrogen-bond acceptors (Lipinski definition) is 7. The van der Waals surface area contributed by atoms with Gasteiger partial charge in [-0.2, -0.15) is 5.10 Å². The number of rotatable bonds is 7. The molecule has 5 fully saturated rings. The first-order chi connectivity index (χ1) is 17.8. The highest BCUT2D eigenvalue weighted by Crippen LogP contribution is 2.71. The van der Waals surface area contributed by atoms with Crippen molar-refractivity contribution >= 4 is 34.1 Å². The maximum atomic E-state index is 6.77. The van der Waals surface area contributed by atoms with Crippen LogP contribution >= 0.6 is 11.6 Å². The van der Waals surface area contributed by atoms with E-state index in [1.165, 1.54) is 5.56 Å². The summed E-state index contributed by atoms with van der Waals surface area (Å²) in [5.41, 5.74) is 4.96. The number of nitrogens with zero attached hydrogens (tertiary/aromatic N) is 5.